The van der Waals surface area contributed by atoms with E-state index >= 15 is 0 Å². The van der Waals surface area contributed by atoms with Gasteiger partial charge < -0.3 is 14.2 Å². The Hall–Kier alpha value is -2.11. The van der Waals surface area contributed by atoms with Crippen LogP contribution >= 0.6 is 0 Å². The monoisotopic (exact) mass is 873 g/mol. The van der Waals surface area contributed by atoms with Crippen LogP contribution < -0.4 is 0 Å². The fourth-order valence-electron chi connectivity index (χ4n) is 8.02. The smallest absolute Gasteiger partial charge is 0.306 e. The van der Waals surface area contributed by atoms with E-state index in [4.69, 9.17) is 14.2 Å². The Kier molecular flexibility index (Phi) is 49.8. The minimum atomic E-state index is -0.770. The van der Waals surface area contributed by atoms with Crippen molar-refractivity contribution in [1.29, 1.82) is 0 Å². The molecule has 0 aliphatic rings. The number of carbonyl (C=O) groups excluding carboxylic acids is 3. The third-order valence-electron chi connectivity index (χ3n) is 12.2. The average molecular weight is 873 g/mol. The molecule has 0 saturated heterocycles. The molecule has 62 heavy (non-hydrogen) atoms. The molecule has 0 aromatic carbocycles. The number of rotatable bonds is 50. The quantitative estimate of drug-likeness (QED) is 0.0262. The summed E-state index contributed by atoms with van der Waals surface area (Å²) in [5, 5.41) is 0. The fraction of sp³-hybridized carbons (Fsp3) is 0.875. The molecule has 0 saturated carbocycles. The van der Waals surface area contributed by atoms with Crippen LogP contribution in [-0.2, 0) is 28.6 Å². The van der Waals surface area contributed by atoms with Crippen LogP contribution in [-0.4, -0.2) is 37.2 Å². The third kappa shape index (κ3) is 48.9. The Bertz CT molecular complexity index is 1000. The van der Waals surface area contributed by atoms with Gasteiger partial charge in [-0.3, -0.25) is 14.4 Å². The van der Waals surface area contributed by atoms with Gasteiger partial charge in [-0.05, 0) is 70.6 Å². The third-order valence-corrected chi connectivity index (χ3v) is 12.2. The van der Waals surface area contributed by atoms with Crippen molar-refractivity contribution in [3.63, 3.8) is 0 Å². The molecule has 0 spiro atoms. The van der Waals surface area contributed by atoms with Crippen molar-refractivity contribution in [2.45, 2.75) is 303 Å². The first-order chi connectivity index (χ1) is 30.5. The lowest BCUT2D eigenvalue weighted by atomic mass is 10.1. The molecule has 0 radical (unpaired) electrons. The molecule has 0 heterocycles. The number of allylic oxidation sites excluding steroid dienone is 4. The molecule has 6 nitrogen and oxygen atoms in total. The number of esters is 3. The highest BCUT2D eigenvalue weighted by Crippen LogP contribution is 2.16. The fourth-order valence-corrected chi connectivity index (χ4v) is 8.02. The van der Waals surface area contributed by atoms with E-state index in [2.05, 4.69) is 45.1 Å². The lowest BCUT2D eigenvalue weighted by molar-refractivity contribution is -0.167. The van der Waals surface area contributed by atoms with E-state index in [1.807, 2.05) is 0 Å². The van der Waals surface area contributed by atoms with Crippen LogP contribution in [0.4, 0.5) is 0 Å². The summed E-state index contributed by atoms with van der Waals surface area (Å²) < 4.78 is 16.8. The molecule has 1 atom stereocenters. The molecule has 0 aromatic heterocycles. The highest BCUT2D eigenvalue weighted by atomic mass is 16.6. The van der Waals surface area contributed by atoms with Crippen LogP contribution in [0, 0.1) is 0 Å². The van der Waals surface area contributed by atoms with Crippen molar-refractivity contribution in [2.75, 3.05) is 13.2 Å². The van der Waals surface area contributed by atoms with Crippen LogP contribution in [0.25, 0.3) is 0 Å². The van der Waals surface area contributed by atoms with Crippen molar-refractivity contribution in [3.8, 4) is 0 Å². The molecule has 0 aromatic rings. The molecule has 0 fully saturated rings. The zero-order valence-corrected chi connectivity index (χ0v) is 41.7. The number of carbonyl (C=O) groups is 3. The van der Waals surface area contributed by atoms with Gasteiger partial charge in [-0.15, -0.1) is 0 Å². The zero-order valence-electron chi connectivity index (χ0n) is 41.7. The van der Waals surface area contributed by atoms with E-state index in [1.165, 1.54) is 199 Å². The molecule has 0 unspecified atom stereocenters. The molecular formula is C56H104O6. The van der Waals surface area contributed by atoms with Crippen LogP contribution in [0.2, 0.25) is 0 Å². The van der Waals surface area contributed by atoms with Gasteiger partial charge in [0.1, 0.15) is 13.2 Å². The van der Waals surface area contributed by atoms with Crippen molar-refractivity contribution >= 4 is 17.9 Å². The predicted octanol–water partition coefficient (Wildman–Crippen LogP) is 17.9. The number of unbranched alkanes of at least 4 members (excludes halogenated alkanes) is 35. The standard InChI is InChI=1S/C56H104O6/c1-4-7-10-13-16-19-22-24-26-28-30-32-34-37-40-43-46-49-55(58)61-52-53(51-60-54(57)48-45-42-39-36-21-18-15-12-9-6-3)62-56(59)50-47-44-41-38-35-33-31-29-27-25-23-20-17-14-11-8-5-2/h24-27,53H,4-23,28-52H2,1-3H3/b26-24-,27-25-/t53-/m1/s1. The van der Waals surface area contributed by atoms with Gasteiger partial charge in [-0.2, -0.15) is 0 Å². The molecule has 0 N–H and O–H groups in total. The van der Waals surface area contributed by atoms with Crippen LogP contribution in [0.15, 0.2) is 24.3 Å². The summed E-state index contributed by atoms with van der Waals surface area (Å²) in [4.78, 5) is 38.0. The number of hydrogen-bond donors (Lipinski definition) is 0. The van der Waals surface area contributed by atoms with Crippen molar-refractivity contribution in [2.24, 2.45) is 0 Å². The molecule has 0 amide bonds. The van der Waals surface area contributed by atoms with Gasteiger partial charge in [0.2, 0.25) is 0 Å². The Morgan fingerprint density at radius 2 is 0.532 bits per heavy atom. The summed E-state index contributed by atoms with van der Waals surface area (Å²) in [6.07, 6.45) is 58.8. The normalized spacial score (nSPS) is 12.1. The van der Waals surface area contributed by atoms with E-state index in [0.717, 1.165) is 57.8 Å². The maximum atomic E-state index is 12.8. The average Bonchev–Trinajstić information content (AvgIpc) is 3.27. The Labute approximate surface area is 385 Å². The summed E-state index contributed by atoms with van der Waals surface area (Å²) in [5.74, 6) is -0.866. The molecule has 0 aliphatic carbocycles. The van der Waals surface area contributed by atoms with Gasteiger partial charge in [0.25, 0.3) is 0 Å². The molecule has 6 heteroatoms. The van der Waals surface area contributed by atoms with Gasteiger partial charge >= 0.3 is 17.9 Å². The van der Waals surface area contributed by atoms with Crippen molar-refractivity contribution in [1.82, 2.24) is 0 Å². The summed E-state index contributed by atoms with van der Waals surface area (Å²) >= 11 is 0. The van der Waals surface area contributed by atoms with Crippen molar-refractivity contribution < 1.29 is 28.6 Å². The second-order valence-corrected chi connectivity index (χ2v) is 18.5. The van der Waals surface area contributed by atoms with E-state index in [0.29, 0.717) is 19.3 Å². The summed E-state index contributed by atoms with van der Waals surface area (Å²) in [6.45, 7) is 6.64. The molecule has 0 bridgehead atoms. The lowest BCUT2D eigenvalue weighted by Gasteiger charge is -2.18. The van der Waals surface area contributed by atoms with Crippen LogP contribution in [0.3, 0.4) is 0 Å². The first kappa shape index (κ1) is 59.9. The van der Waals surface area contributed by atoms with Crippen molar-refractivity contribution in [3.05, 3.63) is 24.3 Å². The molecule has 0 rings (SSSR count). The topological polar surface area (TPSA) is 78.9 Å². The van der Waals surface area contributed by atoms with E-state index in [1.54, 1.807) is 0 Å². The first-order valence-corrected chi connectivity index (χ1v) is 27.3. The minimum absolute atomic E-state index is 0.0707. The number of hydrogen-bond acceptors (Lipinski definition) is 6. The highest BCUT2D eigenvalue weighted by molar-refractivity contribution is 5.71. The summed E-state index contributed by atoms with van der Waals surface area (Å²) in [6, 6.07) is 0. The molecular weight excluding hydrogens is 769 g/mol. The largest absolute Gasteiger partial charge is 0.462 e. The molecule has 0 aliphatic heterocycles. The first-order valence-electron chi connectivity index (χ1n) is 27.3. The van der Waals surface area contributed by atoms with E-state index < -0.39 is 6.10 Å². The van der Waals surface area contributed by atoms with Gasteiger partial charge in [0, 0.05) is 19.3 Å². The highest BCUT2D eigenvalue weighted by Gasteiger charge is 2.19. The predicted molar refractivity (Wildman–Crippen MR) is 266 cm³/mol. The van der Waals surface area contributed by atoms with Gasteiger partial charge in [0.15, 0.2) is 6.10 Å². The lowest BCUT2D eigenvalue weighted by Crippen LogP contribution is -2.30. The summed E-state index contributed by atoms with van der Waals surface area (Å²) in [5.41, 5.74) is 0. The van der Waals surface area contributed by atoms with Crippen LogP contribution in [0.1, 0.15) is 297 Å². The molecule has 364 valence electrons. The number of ether oxygens (including phenoxy) is 3. The SMILES string of the molecule is CCCCCCCC/C=C\CCCCCCCCCC(=O)OC[C@@H](COC(=O)CCCCCCCCCCCC)OC(=O)CCCCCCCCC/C=C\CCCCCCCC. The zero-order chi connectivity index (χ0) is 45.1. The Balaban J connectivity index is 4.31. The maximum absolute atomic E-state index is 12.8. The van der Waals surface area contributed by atoms with E-state index in [-0.39, 0.29) is 31.1 Å². The van der Waals surface area contributed by atoms with Gasteiger partial charge in [-0.1, -0.05) is 231 Å². The Morgan fingerprint density at radius 3 is 0.806 bits per heavy atom. The van der Waals surface area contributed by atoms with E-state index in [9.17, 15) is 14.4 Å². The second-order valence-electron chi connectivity index (χ2n) is 18.5. The van der Waals surface area contributed by atoms with Gasteiger partial charge in [0.05, 0.1) is 0 Å². The maximum Gasteiger partial charge on any atom is 0.306 e. The summed E-state index contributed by atoms with van der Waals surface area (Å²) in [7, 11) is 0. The second kappa shape index (κ2) is 51.5. The van der Waals surface area contributed by atoms with Crippen LogP contribution in [0.5, 0.6) is 0 Å². The van der Waals surface area contributed by atoms with Gasteiger partial charge in [-0.25, -0.2) is 0 Å². The minimum Gasteiger partial charge on any atom is -0.462 e. The Morgan fingerprint density at radius 1 is 0.306 bits per heavy atom.